The molecule has 1 aliphatic heterocycles. The molecule has 7 atom stereocenters. The molecule has 0 bridgehead atoms. The highest BCUT2D eigenvalue weighted by Gasteiger charge is 2.44. The number of unbranched alkanes of at least 4 members (excludes halogenated alkanes) is 23. The number of rotatable bonds is 33. The molecular weight excluding hydrogens is 622 g/mol. The van der Waals surface area contributed by atoms with Crippen molar-refractivity contribution in [2.24, 2.45) is 0 Å². The largest absolute Gasteiger partial charge is 0.394 e. The lowest BCUT2D eigenvalue weighted by molar-refractivity contribution is -0.302. The summed E-state index contributed by atoms with van der Waals surface area (Å²) in [6, 6.07) is -0.796. The van der Waals surface area contributed by atoms with Gasteiger partial charge in [-0.15, -0.1) is 0 Å². The lowest BCUT2D eigenvalue weighted by Gasteiger charge is -2.40. The van der Waals surface area contributed by atoms with Crippen molar-refractivity contribution in [1.82, 2.24) is 5.32 Å². The van der Waals surface area contributed by atoms with Crippen molar-refractivity contribution in [3.63, 3.8) is 0 Å². The molecule has 0 aromatic carbocycles. The van der Waals surface area contributed by atoms with Gasteiger partial charge in [0.15, 0.2) is 6.29 Å². The lowest BCUT2D eigenvalue weighted by atomic mass is 9.99. The summed E-state index contributed by atoms with van der Waals surface area (Å²) in [6.07, 6.45) is 26.8. The van der Waals surface area contributed by atoms with E-state index < -0.39 is 49.5 Å². The fourth-order valence-corrected chi connectivity index (χ4v) is 6.51. The molecule has 1 saturated heterocycles. The summed E-state index contributed by atoms with van der Waals surface area (Å²) in [5, 5.41) is 53.9. The van der Waals surface area contributed by atoms with Gasteiger partial charge < -0.3 is 40.3 Å². The van der Waals surface area contributed by atoms with Crippen LogP contribution in [0.3, 0.4) is 0 Å². The van der Waals surface area contributed by atoms with E-state index in [4.69, 9.17) is 9.47 Å². The van der Waals surface area contributed by atoms with E-state index in [1.807, 2.05) is 6.08 Å². The summed E-state index contributed by atoms with van der Waals surface area (Å²) in [6.45, 7) is 3.75. The number of ether oxygens (including phenoxy) is 2. The van der Waals surface area contributed by atoms with Crippen molar-refractivity contribution < 1.29 is 39.8 Å². The second-order valence-corrected chi connectivity index (χ2v) is 14.4. The fourth-order valence-electron chi connectivity index (χ4n) is 6.51. The smallest absolute Gasteiger partial charge is 0.220 e. The van der Waals surface area contributed by atoms with Crippen LogP contribution >= 0.6 is 0 Å². The second-order valence-electron chi connectivity index (χ2n) is 14.4. The molecule has 290 valence electrons. The minimum atomic E-state index is -1.56. The van der Waals surface area contributed by atoms with E-state index in [1.54, 1.807) is 6.08 Å². The van der Waals surface area contributed by atoms with Gasteiger partial charge in [0.25, 0.3) is 0 Å². The molecule has 0 aliphatic carbocycles. The number of allylic oxidation sites excluding steroid dienone is 1. The maximum Gasteiger partial charge on any atom is 0.220 e. The molecule has 0 saturated carbocycles. The molecule has 9 heteroatoms. The summed E-state index contributed by atoms with van der Waals surface area (Å²) in [4.78, 5) is 12.9. The average Bonchev–Trinajstić information content (AvgIpc) is 3.10. The lowest BCUT2D eigenvalue weighted by Crippen LogP contribution is -2.60. The number of nitrogens with one attached hydrogen (secondary N) is 1. The number of carbonyl (C=O) groups excluding carboxylic acids is 1. The summed E-state index contributed by atoms with van der Waals surface area (Å²) < 4.78 is 11.2. The zero-order valence-corrected chi connectivity index (χ0v) is 31.5. The van der Waals surface area contributed by atoms with E-state index in [0.29, 0.717) is 6.42 Å². The molecule has 49 heavy (non-hydrogen) atoms. The molecule has 6 N–H and O–H groups in total. The Hall–Kier alpha value is -1.07. The monoisotopic (exact) mass is 700 g/mol. The normalized spacial score (nSPS) is 22.5. The van der Waals surface area contributed by atoms with Crippen molar-refractivity contribution in [3.8, 4) is 0 Å². The maximum absolute atomic E-state index is 12.9. The molecular formula is C40H77NO8. The first-order valence-corrected chi connectivity index (χ1v) is 20.4. The minimum absolute atomic E-state index is 0.178. The number of aliphatic hydroxyl groups excluding tert-OH is 5. The van der Waals surface area contributed by atoms with Gasteiger partial charge in [-0.05, 0) is 19.3 Å². The molecule has 0 aromatic heterocycles. The summed E-state index contributed by atoms with van der Waals surface area (Å²) in [7, 11) is 0. The van der Waals surface area contributed by atoms with Crippen LogP contribution in [0.25, 0.3) is 0 Å². The van der Waals surface area contributed by atoms with Crippen molar-refractivity contribution in [2.45, 2.75) is 224 Å². The molecule has 1 heterocycles. The molecule has 1 rings (SSSR count). The predicted octanol–water partition coefficient (Wildman–Crippen LogP) is 7.39. The van der Waals surface area contributed by atoms with Gasteiger partial charge in [0.05, 0.1) is 25.4 Å². The van der Waals surface area contributed by atoms with Gasteiger partial charge in [-0.25, -0.2) is 0 Å². The predicted molar refractivity (Wildman–Crippen MR) is 198 cm³/mol. The van der Waals surface area contributed by atoms with Crippen molar-refractivity contribution >= 4 is 5.91 Å². The molecule has 0 aromatic rings. The maximum atomic E-state index is 12.9. The fraction of sp³-hybridized carbons (Fsp3) is 0.925. The Bertz CT molecular complexity index is 781. The topological polar surface area (TPSA) is 149 Å². The van der Waals surface area contributed by atoms with Crippen LogP contribution in [0.5, 0.6) is 0 Å². The van der Waals surface area contributed by atoms with Crippen LogP contribution in [0.15, 0.2) is 12.2 Å². The second kappa shape index (κ2) is 31.6. The highest BCUT2D eigenvalue weighted by atomic mass is 16.7. The van der Waals surface area contributed by atoms with Crippen LogP contribution in [-0.2, 0) is 14.3 Å². The average molecular weight is 700 g/mol. The highest BCUT2D eigenvalue weighted by molar-refractivity contribution is 5.76. The number of amides is 1. The van der Waals surface area contributed by atoms with E-state index in [2.05, 4.69) is 19.2 Å². The molecule has 9 nitrogen and oxygen atoms in total. The molecule has 1 aliphatic rings. The summed E-state index contributed by atoms with van der Waals surface area (Å²) >= 11 is 0. The first-order valence-electron chi connectivity index (χ1n) is 20.4. The van der Waals surface area contributed by atoms with Gasteiger partial charge >= 0.3 is 0 Å². The van der Waals surface area contributed by atoms with E-state index in [0.717, 1.165) is 38.5 Å². The standard InChI is InChI=1S/C40H77NO8/c1-3-5-7-9-11-13-15-17-18-19-21-23-25-27-29-34(43)33(32-48-40-39(47)38(46)37(45)35(31-42)49-40)41-36(44)30-28-26-24-22-20-16-14-12-10-8-6-4-2/h27,29,33-35,37-40,42-43,45-47H,3-26,28,30-32H2,1-2H3,(H,41,44)/b29-27+/t33-,34+,35+,37+,38?,39?,40+/m0/s1. The van der Waals surface area contributed by atoms with Crippen molar-refractivity contribution in [1.29, 1.82) is 0 Å². The van der Waals surface area contributed by atoms with Gasteiger partial charge in [-0.3, -0.25) is 4.79 Å². The molecule has 0 spiro atoms. The van der Waals surface area contributed by atoms with Gasteiger partial charge in [0.1, 0.15) is 24.4 Å². The quantitative estimate of drug-likeness (QED) is 0.0307. The van der Waals surface area contributed by atoms with Crippen LogP contribution in [0.1, 0.15) is 181 Å². The Balaban J connectivity index is 2.43. The Morgan fingerprint density at radius 3 is 1.59 bits per heavy atom. The van der Waals surface area contributed by atoms with E-state index in [9.17, 15) is 30.3 Å². The van der Waals surface area contributed by atoms with Gasteiger partial charge in [-0.2, -0.15) is 0 Å². The number of hydrogen-bond donors (Lipinski definition) is 6. The van der Waals surface area contributed by atoms with Crippen LogP contribution in [0.2, 0.25) is 0 Å². The third-order valence-corrected chi connectivity index (χ3v) is 9.86. The SMILES string of the molecule is CCCCCCCCCCCCCC/C=C/[C@@H](O)[C@H](CO[C@@H]1O[C@H](CO)[C@@H](O)C(O)C1O)NC(=O)CCCCCCCCCCCCCC. The third kappa shape index (κ3) is 23.2. The molecule has 2 unspecified atom stereocenters. The van der Waals surface area contributed by atoms with E-state index in [1.165, 1.54) is 122 Å². The number of hydrogen-bond acceptors (Lipinski definition) is 8. The van der Waals surface area contributed by atoms with Crippen LogP contribution < -0.4 is 5.32 Å². The van der Waals surface area contributed by atoms with Crippen molar-refractivity contribution in [2.75, 3.05) is 13.2 Å². The zero-order valence-electron chi connectivity index (χ0n) is 31.5. The van der Waals surface area contributed by atoms with E-state index in [-0.39, 0.29) is 12.5 Å². The zero-order chi connectivity index (χ0) is 36.0. The Morgan fingerprint density at radius 2 is 1.12 bits per heavy atom. The number of aliphatic hydroxyl groups is 5. The number of carbonyl (C=O) groups is 1. The van der Waals surface area contributed by atoms with Crippen molar-refractivity contribution in [3.05, 3.63) is 12.2 Å². The Labute approximate surface area is 299 Å². The molecule has 0 radical (unpaired) electrons. The van der Waals surface area contributed by atoms with Gasteiger partial charge in [0, 0.05) is 6.42 Å². The summed E-state index contributed by atoms with van der Waals surface area (Å²) in [5.74, 6) is -0.178. The van der Waals surface area contributed by atoms with E-state index >= 15 is 0 Å². The third-order valence-electron chi connectivity index (χ3n) is 9.86. The first-order chi connectivity index (χ1) is 23.8. The highest BCUT2D eigenvalue weighted by Crippen LogP contribution is 2.22. The van der Waals surface area contributed by atoms with Crippen LogP contribution in [-0.4, -0.2) is 87.5 Å². The Morgan fingerprint density at radius 1 is 0.673 bits per heavy atom. The molecule has 1 amide bonds. The van der Waals surface area contributed by atoms with Gasteiger partial charge in [-0.1, -0.05) is 167 Å². The first kappa shape index (κ1) is 46.0. The molecule has 1 fully saturated rings. The minimum Gasteiger partial charge on any atom is -0.394 e. The Kier molecular flexibility index (Phi) is 29.7. The summed E-state index contributed by atoms with van der Waals surface area (Å²) in [5.41, 5.74) is 0. The van der Waals surface area contributed by atoms with Crippen LogP contribution in [0, 0.1) is 0 Å². The van der Waals surface area contributed by atoms with Gasteiger partial charge in [0.2, 0.25) is 5.91 Å². The van der Waals surface area contributed by atoms with Crippen LogP contribution in [0.4, 0.5) is 0 Å².